The van der Waals surface area contributed by atoms with Crippen LogP contribution in [0.2, 0.25) is 0 Å². The molecule has 1 aromatic heterocycles. The van der Waals surface area contributed by atoms with Crippen molar-refractivity contribution in [1.29, 1.82) is 0 Å². The topological polar surface area (TPSA) is 28.2 Å². The van der Waals surface area contributed by atoms with E-state index < -0.39 is 0 Å². The van der Waals surface area contributed by atoms with Gasteiger partial charge in [-0.2, -0.15) is 0 Å². The SMILES string of the molecule is CCC1CCN(c2ccnc(CNCC(C)C)c2)C1. The van der Waals surface area contributed by atoms with Crippen LogP contribution in [0.15, 0.2) is 18.3 Å². The largest absolute Gasteiger partial charge is 0.371 e. The molecule has 0 aliphatic carbocycles. The number of hydrogen-bond acceptors (Lipinski definition) is 3. The molecule has 106 valence electrons. The predicted molar refractivity (Wildman–Crippen MR) is 81.4 cm³/mol. The van der Waals surface area contributed by atoms with Crippen molar-refractivity contribution in [1.82, 2.24) is 10.3 Å². The van der Waals surface area contributed by atoms with E-state index in [0.29, 0.717) is 5.92 Å². The molecule has 0 saturated carbocycles. The molecular formula is C16H27N3. The molecule has 3 nitrogen and oxygen atoms in total. The minimum absolute atomic E-state index is 0.687. The smallest absolute Gasteiger partial charge is 0.0562 e. The van der Waals surface area contributed by atoms with Crippen LogP contribution in [0.25, 0.3) is 0 Å². The van der Waals surface area contributed by atoms with Gasteiger partial charge in [0.1, 0.15) is 0 Å². The Morgan fingerprint density at radius 3 is 3.00 bits per heavy atom. The van der Waals surface area contributed by atoms with Crippen molar-refractivity contribution in [3.63, 3.8) is 0 Å². The van der Waals surface area contributed by atoms with E-state index in [9.17, 15) is 0 Å². The highest BCUT2D eigenvalue weighted by Crippen LogP contribution is 2.25. The molecule has 0 radical (unpaired) electrons. The van der Waals surface area contributed by atoms with Crippen LogP contribution in [0.4, 0.5) is 5.69 Å². The molecule has 1 unspecified atom stereocenters. The first-order chi connectivity index (χ1) is 9.19. The van der Waals surface area contributed by atoms with Crippen LogP contribution in [0, 0.1) is 11.8 Å². The molecule has 1 saturated heterocycles. The molecule has 1 N–H and O–H groups in total. The van der Waals surface area contributed by atoms with Gasteiger partial charge in [0.2, 0.25) is 0 Å². The number of hydrogen-bond donors (Lipinski definition) is 1. The molecule has 1 fully saturated rings. The summed E-state index contributed by atoms with van der Waals surface area (Å²) >= 11 is 0. The fourth-order valence-corrected chi connectivity index (χ4v) is 2.65. The zero-order valence-corrected chi connectivity index (χ0v) is 12.5. The molecule has 0 bridgehead atoms. The lowest BCUT2D eigenvalue weighted by Gasteiger charge is -2.19. The number of rotatable bonds is 6. The monoisotopic (exact) mass is 261 g/mol. The van der Waals surface area contributed by atoms with Gasteiger partial charge in [-0.15, -0.1) is 0 Å². The van der Waals surface area contributed by atoms with Gasteiger partial charge in [0.25, 0.3) is 0 Å². The zero-order valence-electron chi connectivity index (χ0n) is 12.5. The summed E-state index contributed by atoms with van der Waals surface area (Å²) in [7, 11) is 0. The third-order valence-corrected chi connectivity index (χ3v) is 3.89. The Labute approximate surface area is 117 Å². The molecule has 1 aliphatic heterocycles. The molecule has 0 aromatic carbocycles. The van der Waals surface area contributed by atoms with Crippen LogP contribution in [0.1, 0.15) is 39.3 Å². The first-order valence-corrected chi connectivity index (χ1v) is 7.59. The lowest BCUT2D eigenvalue weighted by molar-refractivity contribution is 0.548. The van der Waals surface area contributed by atoms with Gasteiger partial charge in [0, 0.05) is 31.5 Å². The fourth-order valence-electron chi connectivity index (χ4n) is 2.65. The average Bonchev–Trinajstić information content (AvgIpc) is 2.87. The molecule has 1 aliphatic rings. The first kappa shape index (κ1) is 14.3. The molecule has 3 heteroatoms. The second-order valence-electron chi connectivity index (χ2n) is 6.04. The summed E-state index contributed by atoms with van der Waals surface area (Å²) in [6, 6.07) is 4.38. The average molecular weight is 261 g/mol. The second kappa shape index (κ2) is 6.90. The van der Waals surface area contributed by atoms with E-state index in [2.05, 4.69) is 48.1 Å². The van der Waals surface area contributed by atoms with Crippen molar-refractivity contribution in [2.24, 2.45) is 11.8 Å². The minimum Gasteiger partial charge on any atom is -0.371 e. The zero-order chi connectivity index (χ0) is 13.7. The predicted octanol–water partition coefficient (Wildman–Crippen LogP) is 3.06. The third kappa shape index (κ3) is 4.20. The molecule has 2 rings (SSSR count). The van der Waals surface area contributed by atoms with E-state index in [4.69, 9.17) is 0 Å². The fraction of sp³-hybridized carbons (Fsp3) is 0.688. The number of aromatic nitrogens is 1. The van der Waals surface area contributed by atoms with Crippen molar-refractivity contribution in [3.05, 3.63) is 24.0 Å². The second-order valence-corrected chi connectivity index (χ2v) is 6.04. The Morgan fingerprint density at radius 2 is 2.32 bits per heavy atom. The standard InChI is InChI=1S/C16H27N3/c1-4-14-6-8-19(12-14)16-5-7-18-15(9-16)11-17-10-13(2)3/h5,7,9,13-14,17H,4,6,8,10-12H2,1-3H3. The van der Waals surface area contributed by atoms with Crippen molar-refractivity contribution in [3.8, 4) is 0 Å². The molecule has 0 amide bonds. The van der Waals surface area contributed by atoms with Crippen molar-refractivity contribution < 1.29 is 0 Å². The summed E-state index contributed by atoms with van der Waals surface area (Å²) in [6.45, 7) is 11.1. The van der Waals surface area contributed by atoms with Crippen molar-refractivity contribution >= 4 is 5.69 Å². The van der Waals surface area contributed by atoms with Crippen LogP contribution < -0.4 is 10.2 Å². The van der Waals surface area contributed by atoms with Crippen LogP contribution >= 0.6 is 0 Å². The highest BCUT2D eigenvalue weighted by Gasteiger charge is 2.21. The highest BCUT2D eigenvalue weighted by molar-refractivity contribution is 5.47. The minimum atomic E-state index is 0.687. The Balaban J connectivity index is 1.92. The number of anilines is 1. The highest BCUT2D eigenvalue weighted by atomic mass is 15.2. The van der Waals surface area contributed by atoms with Gasteiger partial charge in [-0.25, -0.2) is 0 Å². The molecule has 19 heavy (non-hydrogen) atoms. The third-order valence-electron chi connectivity index (χ3n) is 3.89. The maximum Gasteiger partial charge on any atom is 0.0562 e. The quantitative estimate of drug-likeness (QED) is 0.853. The van der Waals surface area contributed by atoms with E-state index in [1.807, 2.05) is 6.20 Å². The van der Waals surface area contributed by atoms with E-state index in [0.717, 1.165) is 24.7 Å². The summed E-state index contributed by atoms with van der Waals surface area (Å²) in [5, 5.41) is 3.46. The van der Waals surface area contributed by atoms with Gasteiger partial charge in [-0.3, -0.25) is 4.98 Å². The van der Waals surface area contributed by atoms with Gasteiger partial charge < -0.3 is 10.2 Å². The number of pyridine rings is 1. The Kier molecular flexibility index (Phi) is 5.20. The Morgan fingerprint density at radius 1 is 1.47 bits per heavy atom. The normalized spacial score (nSPS) is 19.4. The first-order valence-electron chi connectivity index (χ1n) is 7.59. The van der Waals surface area contributed by atoms with Crippen LogP contribution in [-0.2, 0) is 6.54 Å². The van der Waals surface area contributed by atoms with E-state index in [1.54, 1.807) is 0 Å². The van der Waals surface area contributed by atoms with E-state index in [1.165, 1.54) is 31.6 Å². The molecule has 2 heterocycles. The van der Waals surface area contributed by atoms with Gasteiger partial charge >= 0.3 is 0 Å². The van der Waals surface area contributed by atoms with Gasteiger partial charge in [-0.1, -0.05) is 27.2 Å². The molecule has 1 aromatic rings. The molecular weight excluding hydrogens is 234 g/mol. The Hall–Kier alpha value is -1.09. The summed E-state index contributed by atoms with van der Waals surface area (Å²) in [6.07, 6.45) is 4.57. The molecule has 1 atom stereocenters. The van der Waals surface area contributed by atoms with Crippen molar-refractivity contribution in [2.45, 2.75) is 40.2 Å². The van der Waals surface area contributed by atoms with Gasteiger partial charge in [-0.05, 0) is 36.9 Å². The van der Waals surface area contributed by atoms with Gasteiger partial charge in [0.15, 0.2) is 0 Å². The van der Waals surface area contributed by atoms with Gasteiger partial charge in [0.05, 0.1) is 5.69 Å². The van der Waals surface area contributed by atoms with E-state index in [-0.39, 0.29) is 0 Å². The van der Waals surface area contributed by atoms with Crippen LogP contribution in [-0.4, -0.2) is 24.6 Å². The summed E-state index contributed by atoms with van der Waals surface area (Å²) in [5.41, 5.74) is 2.49. The summed E-state index contributed by atoms with van der Waals surface area (Å²) < 4.78 is 0. The number of nitrogens with one attached hydrogen (secondary N) is 1. The summed E-state index contributed by atoms with van der Waals surface area (Å²) in [4.78, 5) is 6.96. The van der Waals surface area contributed by atoms with Crippen LogP contribution in [0.3, 0.4) is 0 Å². The maximum absolute atomic E-state index is 4.46. The van der Waals surface area contributed by atoms with E-state index >= 15 is 0 Å². The number of nitrogens with zero attached hydrogens (tertiary/aromatic N) is 2. The lowest BCUT2D eigenvalue weighted by Crippen LogP contribution is -2.22. The lowest BCUT2D eigenvalue weighted by atomic mass is 10.1. The molecule has 0 spiro atoms. The van der Waals surface area contributed by atoms with Crippen molar-refractivity contribution in [2.75, 3.05) is 24.5 Å². The summed E-state index contributed by atoms with van der Waals surface area (Å²) in [5.74, 6) is 1.56. The van der Waals surface area contributed by atoms with Crippen LogP contribution in [0.5, 0.6) is 0 Å². The Bertz CT molecular complexity index is 389. The maximum atomic E-state index is 4.46.